The van der Waals surface area contributed by atoms with E-state index < -0.39 is 4.92 Å². The molecule has 0 spiro atoms. The van der Waals surface area contributed by atoms with Gasteiger partial charge in [-0.2, -0.15) is 5.10 Å². The summed E-state index contributed by atoms with van der Waals surface area (Å²) in [6.07, 6.45) is 4.96. The van der Waals surface area contributed by atoms with Crippen LogP contribution in [0.5, 0.6) is 0 Å². The fraction of sp³-hybridized carbons (Fsp3) is 0.158. The number of nitro benzene ring substituents is 1. The molecule has 1 aliphatic rings. The van der Waals surface area contributed by atoms with Crippen molar-refractivity contribution in [3.63, 3.8) is 0 Å². The summed E-state index contributed by atoms with van der Waals surface area (Å²) in [6.45, 7) is 0. The number of carbonyl (C=O) groups excluding carboxylic acids is 1. The van der Waals surface area contributed by atoms with E-state index in [4.69, 9.17) is 0 Å². The van der Waals surface area contributed by atoms with Crippen molar-refractivity contribution in [2.75, 3.05) is 5.32 Å². The highest BCUT2D eigenvalue weighted by Gasteiger charge is 2.14. The number of hydrogen-bond acceptors (Lipinski definition) is 4. The third-order valence-corrected chi connectivity index (χ3v) is 4.50. The van der Waals surface area contributed by atoms with E-state index in [0.29, 0.717) is 5.69 Å². The molecule has 0 aliphatic heterocycles. The monoisotopic (exact) mass is 348 g/mol. The zero-order valence-electron chi connectivity index (χ0n) is 13.9. The highest BCUT2D eigenvalue weighted by atomic mass is 16.6. The van der Waals surface area contributed by atoms with Crippen molar-refractivity contribution in [3.8, 4) is 5.69 Å². The molecule has 4 rings (SSSR count). The van der Waals surface area contributed by atoms with Gasteiger partial charge in [0.05, 0.1) is 10.6 Å². The molecule has 1 heterocycles. The van der Waals surface area contributed by atoms with Crippen molar-refractivity contribution in [2.45, 2.75) is 19.3 Å². The second kappa shape index (κ2) is 6.44. The predicted molar refractivity (Wildman–Crippen MR) is 96.6 cm³/mol. The third kappa shape index (κ3) is 3.06. The first-order valence-electron chi connectivity index (χ1n) is 8.34. The number of carbonyl (C=O) groups is 1. The second-order valence-electron chi connectivity index (χ2n) is 6.21. The molecule has 0 atom stereocenters. The van der Waals surface area contributed by atoms with Gasteiger partial charge in [-0.05, 0) is 60.7 Å². The van der Waals surface area contributed by atoms with Gasteiger partial charge in [-0.15, -0.1) is 0 Å². The number of rotatable bonds is 4. The van der Waals surface area contributed by atoms with Crippen molar-refractivity contribution in [3.05, 3.63) is 81.7 Å². The molecule has 7 heteroatoms. The summed E-state index contributed by atoms with van der Waals surface area (Å²) >= 11 is 0. The highest BCUT2D eigenvalue weighted by molar-refractivity contribution is 6.02. The van der Waals surface area contributed by atoms with E-state index in [1.807, 2.05) is 12.1 Å². The number of benzene rings is 2. The van der Waals surface area contributed by atoms with Crippen molar-refractivity contribution in [1.82, 2.24) is 9.78 Å². The number of anilines is 1. The molecule has 2 aromatic carbocycles. The van der Waals surface area contributed by atoms with Crippen LogP contribution in [0.4, 0.5) is 11.4 Å². The zero-order chi connectivity index (χ0) is 18.1. The Labute approximate surface area is 149 Å². The van der Waals surface area contributed by atoms with Gasteiger partial charge in [-0.3, -0.25) is 14.9 Å². The van der Waals surface area contributed by atoms with Crippen LogP contribution in [0, 0.1) is 10.1 Å². The fourth-order valence-electron chi connectivity index (χ4n) is 3.16. The molecular formula is C19H16N4O3. The van der Waals surface area contributed by atoms with E-state index in [2.05, 4.69) is 16.5 Å². The number of nitrogens with one attached hydrogen (secondary N) is 1. The van der Waals surface area contributed by atoms with Crippen LogP contribution in [0.1, 0.15) is 28.0 Å². The summed E-state index contributed by atoms with van der Waals surface area (Å²) in [7, 11) is 0. The largest absolute Gasteiger partial charge is 0.321 e. The Kier molecular flexibility index (Phi) is 3.96. The highest BCUT2D eigenvalue weighted by Crippen LogP contribution is 2.25. The van der Waals surface area contributed by atoms with E-state index >= 15 is 0 Å². The van der Waals surface area contributed by atoms with E-state index in [-0.39, 0.29) is 17.3 Å². The Hall–Kier alpha value is -3.48. The lowest BCUT2D eigenvalue weighted by Crippen LogP contribution is -2.13. The smallest absolute Gasteiger partial charge is 0.276 e. The van der Waals surface area contributed by atoms with Crippen molar-refractivity contribution in [1.29, 1.82) is 0 Å². The van der Waals surface area contributed by atoms with Gasteiger partial charge in [0, 0.05) is 24.0 Å². The van der Waals surface area contributed by atoms with E-state index in [9.17, 15) is 14.9 Å². The standard InChI is InChI=1S/C19H16N4O3/c24-19(20-15-5-4-13-2-1-3-14(13)12-15)18-10-11-22(21-18)16-6-8-17(9-7-16)23(25)26/h4-12H,1-3H2,(H,20,24). The molecule has 130 valence electrons. The average molecular weight is 348 g/mol. The molecule has 1 N–H and O–H groups in total. The summed E-state index contributed by atoms with van der Waals surface area (Å²) in [4.78, 5) is 22.7. The minimum Gasteiger partial charge on any atom is -0.321 e. The molecule has 0 fully saturated rings. The Balaban J connectivity index is 1.50. The van der Waals surface area contributed by atoms with Crippen molar-refractivity contribution < 1.29 is 9.72 Å². The zero-order valence-corrected chi connectivity index (χ0v) is 13.9. The number of aryl methyl sites for hydroxylation is 2. The maximum absolute atomic E-state index is 12.4. The summed E-state index contributed by atoms with van der Waals surface area (Å²) in [5.41, 5.74) is 4.34. The lowest BCUT2D eigenvalue weighted by Gasteiger charge is -2.06. The van der Waals surface area contributed by atoms with Crippen molar-refractivity contribution >= 4 is 17.3 Å². The second-order valence-corrected chi connectivity index (χ2v) is 6.21. The summed E-state index contributed by atoms with van der Waals surface area (Å²) in [5.74, 6) is -0.288. The van der Waals surface area contributed by atoms with Crippen molar-refractivity contribution in [2.24, 2.45) is 0 Å². The van der Waals surface area contributed by atoms with Crippen LogP contribution in [0.25, 0.3) is 5.69 Å². The first kappa shape index (κ1) is 16.0. The number of amides is 1. The molecule has 1 aliphatic carbocycles. The fourth-order valence-corrected chi connectivity index (χ4v) is 3.16. The quantitative estimate of drug-likeness (QED) is 0.577. The van der Waals surface area contributed by atoms with Gasteiger partial charge in [-0.25, -0.2) is 4.68 Å². The molecule has 26 heavy (non-hydrogen) atoms. The lowest BCUT2D eigenvalue weighted by atomic mass is 10.1. The summed E-state index contributed by atoms with van der Waals surface area (Å²) in [6, 6.07) is 13.6. The van der Waals surface area contributed by atoms with Gasteiger partial charge in [0.1, 0.15) is 0 Å². The van der Waals surface area contributed by atoms with E-state index in [1.165, 1.54) is 27.9 Å². The first-order valence-corrected chi connectivity index (χ1v) is 8.34. The van der Waals surface area contributed by atoms with Gasteiger partial charge < -0.3 is 5.32 Å². The molecule has 7 nitrogen and oxygen atoms in total. The third-order valence-electron chi connectivity index (χ3n) is 4.50. The van der Waals surface area contributed by atoms with Gasteiger partial charge in [0.2, 0.25) is 0 Å². The van der Waals surface area contributed by atoms with Crippen LogP contribution in [0.3, 0.4) is 0 Å². The molecule has 3 aromatic rings. The first-order chi connectivity index (χ1) is 12.6. The predicted octanol–water partition coefficient (Wildman–Crippen LogP) is 3.52. The number of non-ortho nitro benzene ring substituents is 1. The Morgan fingerprint density at radius 2 is 1.85 bits per heavy atom. The molecule has 0 bridgehead atoms. The molecule has 0 saturated carbocycles. The molecular weight excluding hydrogens is 332 g/mol. The van der Waals surface area contributed by atoms with E-state index in [1.54, 1.807) is 24.4 Å². The molecule has 0 saturated heterocycles. The van der Waals surface area contributed by atoms with Crippen LogP contribution < -0.4 is 5.32 Å². The maximum atomic E-state index is 12.4. The lowest BCUT2D eigenvalue weighted by molar-refractivity contribution is -0.384. The Morgan fingerprint density at radius 3 is 2.62 bits per heavy atom. The SMILES string of the molecule is O=C(Nc1ccc2c(c1)CCC2)c1ccn(-c2ccc([N+](=O)[O-])cc2)n1. The minimum atomic E-state index is -0.456. The number of aromatic nitrogens is 2. The van der Waals surface area contributed by atoms with Gasteiger partial charge in [0.15, 0.2) is 5.69 Å². The van der Waals surface area contributed by atoms with E-state index in [0.717, 1.165) is 24.9 Å². The molecule has 1 amide bonds. The molecule has 0 radical (unpaired) electrons. The Bertz CT molecular complexity index is 992. The average Bonchev–Trinajstić information content (AvgIpc) is 3.31. The van der Waals surface area contributed by atoms with Crippen LogP contribution in [0.15, 0.2) is 54.7 Å². The maximum Gasteiger partial charge on any atom is 0.276 e. The van der Waals surface area contributed by atoms with Gasteiger partial charge in [0.25, 0.3) is 11.6 Å². The number of nitro groups is 1. The van der Waals surface area contributed by atoms with Crippen LogP contribution in [-0.2, 0) is 12.8 Å². The van der Waals surface area contributed by atoms with Gasteiger partial charge in [-0.1, -0.05) is 6.07 Å². The van der Waals surface area contributed by atoms with Crippen LogP contribution in [0.2, 0.25) is 0 Å². The number of hydrogen-bond donors (Lipinski definition) is 1. The molecule has 0 unspecified atom stereocenters. The van der Waals surface area contributed by atoms with Gasteiger partial charge >= 0.3 is 0 Å². The summed E-state index contributed by atoms with van der Waals surface area (Å²) < 4.78 is 1.52. The van der Waals surface area contributed by atoms with Crippen LogP contribution >= 0.6 is 0 Å². The Morgan fingerprint density at radius 1 is 1.08 bits per heavy atom. The summed E-state index contributed by atoms with van der Waals surface area (Å²) in [5, 5.41) is 17.8. The van der Waals surface area contributed by atoms with Crippen LogP contribution in [-0.4, -0.2) is 20.6 Å². The number of nitrogens with zero attached hydrogens (tertiary/aromatic N) is 3. The molecule has 1 aromatic heterocycles. The number of fused-ring (bicyclic) bond motifs is 1. The topological polar surface area (TPSA) is 90.1 Å². The normalized spacial score (nSPS) is 12.6. The minimum absolute atomic E-state index is 0.00971.